The molecule has 6 nitrogen and oxygen atoms in total. The molecule has 1 saturated heterocycles. The van der Waals surface area contributed by atoms with Crippen molar-refractivity contribution >= 4 is 22.6 Å². The summed E-state index contributed by atoms with van der Waals surface area (Å²) in [4.78, 5) is 26.3. The van der Waals surface area contributed by atoms with E-state index in [2.05, 4.69) is 58.9 Å². The van der Waals surface area contributed by atoms with Crippen LogP contribution in [0.2, 0.25) is 0 Å². The van der Waals surface area contributed by atoms with Crippen molar-refractivity contribution in [2.24, 2.45) is 0 Å². The highest BCUT2D eigenvalue weighted by atomic mass is 19.1. The molecule has 0 unspecified atom stereocenters. The maximum absolute atomic E-state index is 14.8. The number of carbonyl (C=O) groups excluding carboxylic acids is 1. The van der Waals surface area contributed by atoms with E-state index in [4.69, 9.17) is 0 Å². The van der Waals surface area contributed by atoms with Crippen LogP contribution >= 0.6 is 0 Å². The number of carbonyl (C=O) groups is 1. The number of nitrogens with one attached hydrogen (secondary N) is 1. The molecular weight excluding hydrogens is 453 g/mol. The van der Waals surface area contributed by atoms with E-state index in [-0.39, 0.29) is 11.5 Å². The van der Waals surface area contributed by atoms with E-state index < -0.39 is 5.82 Å². The fourth-order valence-electron chi connectivity index (χ4n) is 5.15. The Hall–Kier alpha value is -3.71. The van der Waals surface area contributed by atoms with Gasteiger partial charge in [0.05, 0.1) is 5.56 Å². The molecule has 1 amide bonds. The fourth-order valence-corrected chi connectivity index (χ4v) is 5.15. The number of amides is 1. The van der Waals surface area contributed by atoms with E-state index >= 15 is 0 Å². The quantitative estimate of drug-likeness (QED) is 0.437. The van der Waals surface area contributed by atoms with Gasteiger partial charge in [0.15, 0.2) is 0 Å². The first kappa shape index (κ1) is 24.0. The van der Waals surface area contributed by atoms with E-state index in [0.717, 1.165) is 53.9 Å². The van der Waals surface area contributed by atoms with Gasteiger partial charge in [-0.15, -0.1) is 0 Å². The van der Waals surface area contributed by atoms with Gasteiger partial charge in [0.2, 0.25) is 0 Å². The van der Waals surface area contributed by atoms with Crippen molar-refractivity contribution in [3.8, 4) is 22.3 Å². The molecule has 0 radical (unpaired) electrons. The van der Waals surface area contributed by atoms with E-state index in [1.807, 2.05) is 12.4 Å². The standard InChI is InChI=1S/C29H32FN5O/c1-18-12-21(13-19(2)27(18)35-10-8-34(5)9-11-35)22-14-24-25(17-32-28(24)31-16-22)20-6-7-23(26(30)15-20)29(36)33(3)4/h6-7,12-17H,8-11H2,1-5H3,(H,31,32). The Labute approximate surface area is 211 Å². The van der Waals surface area contributed by atoms with Gasteiger partial charge in [-0.05, 0) is 73.5 Å². The summed E-state index contributed by atoms with van der Waals surface area (Å²) in [6, 6.07) is 11.3. The summed E-state index contributed by atoms with van der Waals surface area (Å²) in [5.74, 6) is -0.886. The number of hydrogen-bond acceptors (Lipinski definition) is 4. The molecule has 0 aliphatic carbocycles. The summed E-state index contributed by atoms with van der Waals surface area (Å²) >= 11 is 0. The Morgan fingerprint density at radius 3 is 2.31 bits per heavy atom. The summed E-state index contributed by atoms with van der Waals surface area (Å²) in [5.41, 5.74) is 8.32. The third kappa shape index (κ3) is 4.35. The van der Waals surface area contributed by atoms with Gasteiger partial charge in [0.25, 0.3) is 5.91 Å². The zero-order valence-corrected chi connectivity index (χ0v) is 21.5. The van der Waals surface area contributed by atoms with Crippen molar-refractivity contribution in [3.63, 3.8) is 0 Å². The lowest BCUT2D eigenvalue weighted by Crippen LogP contribution is -2.45. The number of H-pyrrole nitrogens is 1. The molecule has 2 aromatic heterocycles. The van der Waals surface area contributed by atoms with Crippen LogP contribution in [0.1, 0.15) is 21.5 Å². The number of benzene rings is 2. The molecule has 1 aliphatic heterocycles. The molecule has 1 aliphatic rings. The molecule has 0 spiro atoms. The van der Waals surface area contributed by atoms with Crippen LogP contribution in [0, 0.1) is 19.7 Å². The maximum atomic E-state index is 14.8. The summed E-state index contributed by atoms with van der Waals surface area (Å²) < 4.78 is 14.8. The number of halogens is 1. The van der Waals surface area contributed by atoms with Crippen LogP contribution in [0.4, 0.5) is 10.1 Å². The molecule has 3 heterocycles. The zero-order valence-electron chi connectivity index (χ0n) is 21.5. The van der Waals surface area contributed by atoms with Gasteiger partial charge in [-0.25, -0.2) is 9.37 Å². The van der Waals surface area contributed by atoms with Gasteiger partial charge in [-0.3, -0.25) is 4.79 Å². The Morgan fingerprint density at radius 2 is 1.67 bits per heavy atom. The average Bonchev–Trinajstić information content (AvgIpc) is 3.27. The maximum Gasteiger partial charge on any atom is 0.256 e. The summed E-state index contributed by atoms with van der Waals surface area (Å²) in [6.07, 6.45) is 3.72. The smallest absolute Gasteiger partial charge is 0.256 e. The number of aromatic amines is 1. The first-order valence-corrected chi connectivity index (χ1v) is 12.3. The molecule has 186 valence electrons. The van der Waals surface area contributed by atoms with Crippen LogP contribution in [-0.4, -0.2) is 73.0 Å². The molecular formula is C29H32FN5O. The van der Waals surface area contributed by atoms with Crippen molar-refractivity contribution in [3.05, 3.63) is 71.3 Å². The van der Waals surface area contributed by atoms with Crippen LogP contribution in [0.5, 0.6) is 0 Å². The molecule has 1 N–H and O–H groups in total. The van der Waals surface area contributed by atoms with E-state index in [1.165, 1.54) is 27.8 Å². The average molecular weight is 486 g/mol. The van der Waals surface area contributed by atoms with Crippen molar-refractivity contribution in [1.82, 2.24) is 19.8 Å². The van der Waals surface area contributed by atoms with Crippen molar-refractivity contribution in [2.75, 3.05) is 52.2 Å². The van der Waals surface area contributed by atoms with Gasteiger partial charge >= 0.3 is 0 Å². The first-order chi connectivity index (χ1) is 17.2. The number of pyridine rings is 1. The lowest BCUT2D eigenvalue weighted by atomic mass is 9.97. The minimum absolute atomic E-state index is 0.0637. The molecule has 1 fully saturated rings. The second kappa shape index (κ2) is 9.39. The van der Waals surface area contributed by atoms with Gasteiger partial charge < -0.3 is 19.7 Å². The number of aromatic nitrogens is 2. The van der Waals surface area contributed by atoms with Crippen LogP contribution in [0.3, 0.4) is 0 Å². The second-order valence-corrected chi connectivity index (χ2v) is 9.97. The second-order valence-electron chi connectivity index (χ2n) is 9.97. The van der Waals surface area contributed by atoms with Crippen molar-refractivity contribution in [1.29, 1.82) is 0 Å². The molecule has 0 bridgehead atoms. The molecule has 5 rings (SSSR count). The van der Waals surface area contributed by atoms with E-state index in [1.54, 1.807) is 26.2 Å². The highest BCUT2D eigenvalue weighted by Gasteiger charge is 2.19. The lowest BCUT2D eigenvalue weighted by molar-refractivity contribution is 0.0823. The minimum atomic E-state index is -0.532. The molecule has 7 heteroatoms. The third-order valence-corrected chi connectivity index (χ3v) is 7.09. The number of nitrogens with zero attached hydrogens (tertiary/aromatic N) is 4. The fraction of sp³-hybridized carbons (Fsp3) is 0.310. The normalized spacial score (nSPS) is 14.4. The predicted octanol–water partition coefficient (Wildman–Crippen LogP) is 5.11. The highest BCUT2D eigenvalue weighted by Crippen LogP contribution is 2.35. The number of piperazine rings is 1. The van der Waals surface area contributed by atoms with Crippen molar-refractivity contribution < 1.29 is 9.18 Å². The number of rotatable bonds is 4. The Bertz CT molecular complexity index is 1430. The van der Waals surface area contributed by atoms with E-state index in [9.17, 15) is 9.18 Å². The molecule has 2 aromatic carbocycles. The van der Waals surface area contributed by atoms with E-state index in [0.29, 0.717) is 5.56 Å². The molecule has 4 aromatic rings. The molecule has 36 heavy (non-hydrogen) atoms. The molecule has 0 atom stereocenters. The van der Waals surface area contributed by atoms with Gasteiger partial charge in [0, 0.05) is 74.9 Å². The summed E-state index contributed by atoms with van der Waals surface area (Å²) in [7, 11) is 5.40. The topological polar surface area (TPSA) is 55.5 Å². The zero-order chi connectivity index (χ0) is 25.6. The predicted molar refractivity (Wildman–Crippen MR) is 144 cm³/mol. The molecule has 0 saturated carbocycles. The number of anilines is 1. The van der Waals surface area contributed by atoms with Crippen LogP contribution < -0.4 is 4.90 Å². The number of fused-ring (bicyclic) bond motifs is 1. The summed E-state index contributed by atoms with van der Waals surface area (Å²) in [6.45, 7) is 8.57. The SMILES string of the molecule is Cc1cc(-c2cnc3[nH]cc(-c4ccc(C(=O)N(C)C)c(F)c4)c3c2)cc(C)c1N1CCN(C)CC1. The van der Waals surface area contributed by atoms with Gasteiger partial charge in [-0.2, -0.15) is 0 Å². The van der Waals surface area contributed by atoms with Crippen LogP contribution in [0.25, 0.3) is 33.3 Å². The first-order valence-electron chi connectivity index (χ1n) is 12.3. The lowest BCUT2D eigenvalue weighted by Gasteiger charge is -2.36. The van der Waals surface area contributed by atoms with Crippen LogP contribution in [-0.2, 0) is 0 Å². The van der Waals surface area contributed by atoms with Gasteiger partial charge in [-0.1, -0.05) is 6.07 Å². The number of likely N-dealkylation sites (N-methyl/N-ethyl adjacent to an activating group) is 1. The Morgan fingerprint density at radius 1 is 0.972 bits per heavy atom. The van der Waals surface area contributed by atoms with Gasteiger partial charge in [0.1, 0.15) is 11.5 Å². The Balaban J connectivity index is 1.51. The number of hydrogen-bond donors (Lipinski definition) is 1. The minimum Gasteiger partial charge on any atom is -0.369 e. The Kier molecular flexibility index (Phi) is 6.26. The van der Waals surface area contributed by atoms with Crippen LogP contribution in [0.15, 0.2) is 48.8 Å². The number of aryl methyl sites for hydroxylation is 2. The monoisotopic (exact) mass is 485 g/mol. The summed E-state index contributed by atoms with van der Waals surface area (Å²) in [5, 5.41) is 0.914. The largest absolute Gasteiger partial charge is 0.369 e. The van der Waals surface area contributed by atoms with Crippen molar-refractivity contribution in [2.45, 2.75) is 13.8 Å². The highest BCUT2D eigenvalue weighted by molar-refractivity contribution is 5.98. The third-order valence-electron chi connectivity index (χ3n) is 7.09.